The van der Waals surface area contributed by atoms with Gasteiger partial charge < -0.3 is 9.72 Å². The number of benzene rings is 3. The Hall–Kier alpha value is -2.97. The molecule has 0 saturated heterocycles. The van der Waals surface area contributed by atoms with Gasteiger partial charge in [-0.3, -0.25) is 0 Å². The normalized spacial score (nSPS) is 13.4. The molecule has 0 amide bonds. The summed E-state index contributed by atoms with van der Waals surface area (Å²) in [5.74, 6) is 6.79. The Bertz CT molecular complexity index is 1460. The summed E-state index contributed by atoms with van der Waals surface area (Å²) in [6.07, 6.45) is 0. The lowest BCUT2D eigenvalue weighted by Gasteiger charge is -2.31. The van der Waals surface area contributed by atoms with Gasteiger partial charge in [-0.1, -0.05) is 52.7 Å². The molecule has 0 unspecified atom stereocenters. The van der Waals surface area contributed by atoms with E-state index in [0.717, 1.165) is 22.4 Å². The Morgan fingerprint density at radius 2 is 1.64 bits per heavy atom. The van der Waals surface area contributed by atoms with Gasteiger partial charge in [0.1, 0.15) is 28.7 Å². The first-order chi connectivity index (χ1) is 15.7. The number of hydrogen-bond donors (Lipinski definition) is 1. The predicted octanol–water partition coefficient (Wildman–Crippen LogP) is 7.87. The molecule has 3 aromatic carbocycles. The van der Waals surface area contributed by atoms with Gasteiger partial charge in [0.25, 0.3) is 0 Å². The molecule has 0 radical (unpaired) electrons. The van der Waals surface area contributed by atoms with E-state index in [2.05, 4.69) is 21.8 Å². The topological polar surface area (TPSA) is 37.9 Å². The molecule has 33 heavy (non-hydrogen) atoms. The van der Waals surface area contributed by atoms with Crippen molar-refractivity contribution in [2.75, 3.05) is 0 Å². The number of halogens is 4. The molecule has 7 heteroatoms. The monoisotopic (exact) mass is 496 g/mol. The molecule has 5 rings (SSSR count). The van der Waals surface area contributed by atoms with Crippen molar-refractivity contribution in [1.82, 2.24) is 9.97 Å². The van der Waals surface area contributed by atoms with Crippen LogP contribution in [0.1, 0.15) is 30.7 Å². The first-order valence-electron chi connectivity index (χ1n) is 10.1. The summed E-state index contributed by atoms with van der Waals surface area (Å²) in [5, 5.41) is 1.22. The largest absolute Gasteiger partial charge is 0.481 e. The van der Waals surface area contributed by atoms with E-state index in [4.69, 9.17) is 39.5 Å². The van der Waals surface area contributed by atoms with Crippen LogP contribution in [-0.4, -0.2) is 9.97 Å². The van der Waals surface area contributed by atoms with Crippen LogP contribution >= 0.6 is 34.8 Å². The summed E-state index contributed by atoms with van der Waals surface area (Å²) in [7, 11) is 0. The molecule has 4 aromatic rings. The van der Waals surface area contributed by atoms with Gasteiger partial charge in [0, 0.05) is 16.7 Å². The smallest absolute Gasteiger partial charge is 0.147 e. The SMILES string of the molecule is CC1(C)Oc2cc(C#Cc3ccc(Cl)c(Cl)c3)ccc2-c2[nH]c(-c3c(F)cccc3Cl)nc21. The third-order valence-corrected chi connectivity index (χ3v) is 6.41. The molecule has 0 aliphatic carbocycles. The number of fused-ring (bicyclic) bond motifs is 3. The average Bonchev–Trinajstić information content (AvgIpc) is 3.20. The second kappa shape index (κ2) is 8.11. The van der Waals surface area contributed by atoms with Crippen LogP contribution in [0.2, 0.25) is 15.1 Å². The van der Waals surface area contributed by atoms with Crippen LogP contribution in [0, 0.1) is 17.7 Å². The van der Waals surface area contributed by atoms with E-state index in [1.807, 2.05) is 38.1 Å². The molecule has 1 aliphatic rings. The number of nitrogens with one attached hydrogen (secondary N) is 1. The minimum Gasteiger partial charge on any atom is -0.481 e. The van der Waals surface area contributed by atoms with Crippen LogP contribution in [-0.2, 0) is 5.60 Å². The van der Waals surface area contributed by atoms with Gasteiger partial charge in [-0.25, -0.2) is 9.37 Å². The van der Waals surface area contributed by atoms with Crippen molar-refractivity contribution >= 4 is 34.8 Å². The number of aromatic nitrogens is 2. The zero-order valence-electron chi connectivity index (χ0n) is 17.6. The summed E-state index contributed by atoms with van der Waals surface area (Å²) < 4.78 is 20.8. The molecular weight excluding hydrogens is 482 g/mol. The molecule has 0 saturated carbocycles. The molecule has 0 bridgehead atoms. The van der Waals surface area contributed by atoms with Crippen molar-refractivity contribution in [2.45, 2.75) is 19.4 Å². The molecule has 1 N–H and O–H groups in total. The first-order valence-corrected chi connectivity index (χ1v) is 11.2. The van der Waals surface area contributed by atoms with E-state index in [1.165, 1.54) is 6.07 Å². The standard InChI is InChI=1S/C26H16Cl3FN2O/c1-26(2)24-23(31-25(32-24)22-18(28)4-3-5-20(22)30)16-10-8-15(13-21(16)33-26)7-6-14-9-11-17(27)19(29)12-14/h3-5,8-13H,1-2H3,(H,31,32). The second-order valence-electron chi connectivity index (χ2n) is 8.11. The molecule has 3 nitrogen and oxygen atoms in total. The van der Waals surface area contributed by atoms with Crippen LogP contribution in [0.25, 0.3) is 22.6 Å². The van der Waals surface area contributed by atoms with E-state index in [0.29, 0.717) is 27.3 Å². The van der Waals surface area contributed by atoms with E-state index >= 15 is 0 Å². The molecule has 0 spiro atoms. The Balaban J connectivity index is 1.57. The highest BCUT2D eigenvalue weighted by molar-refractivity contribution is 6.42. The number of imidazole rings is 1. The molecule has 1 aliphatic heterocycles. The first kappa shape index (κ1) is 21.9. The van der Waals surface area contributed by atoms with Gasteiger partial charge in [0.15, 0.2) is 0 Å². The van der Waals surface area contributed by atoms with Crippen molar-refractivity contribution in [3.8, 4) is 40.2 Å². The highest BCUT2D eigenvalue weighted by Gasteiger charge is 2.37. The minimum absolute atomic E-state index is 0.232. The molecule has 164 valence electrons. The summed E-state index contributed by atoms with van der Waals surface area (Å²) in [6, 6.07) is 15.5. The molecule has 2 heterocycles. The summed E-state index contributed by atoms with van der Waals surface area (Å²) >= 11 is 18.3. The van der Waals surface area contributed by atoms with Gasteiger partial charge >= 0.3 is 0 Å². The van der Waals surface area contributed by atoms with Crippen molar-refractivity contribution in [1.29, 1.82) is 0 Å². The quantitative estimate of drug-likeness (QED) is 0.272. The van der Waals surface area contributed by atoms with E-state index in [9.17, 15) is 4.39 Å². The maximum Gasteiger partial charge on any atom is 0.147 e. The van der Waals surface area contributed by atoms with Gasteiger partial charge in [-0.2, -0.15) is 0 Å². The Morgan fingerprint density at radius 3 is 2.36 bits per heavy atom. The molecule has 1 aromatic heterocycles. The third kappa shape index (κ3) is 3.98. The zero-order chi connectivity index (χ0) is 23.3. The Kier molecular flexibility index (Phi) is 5.37. The van der Waals surface area contributed by atoms with Crippen LogP contribution in [0.4, 0.5) is 4.39 Å². The van der Waals surface area contributed by atoms with Crippen molar-refractivity contribution in [3.63, 3.8) is 0 Å². The van der Waals surface area contributed by atoms with Gasteiger partial charge in [0.2, 0.25) is 0 Å². The summed E-state index contributed by atoms with van der Waals surface area (Å²) in [6.45, 7) is 3.83. The number of H-pyrrole nitrogens is 1. The Labute approximate surface area is 205 Å². The van der Waals surface area contributed by atoms with Crippen LogP contribution in [0.5, 0.6) is 5.75 Å². The fraction of sp³-hybridized carbons (Fsp3) is 0.115. The lowest BCUT2D eigenvalue weighted by molar-refractivity contribution is 0.101. The van der Waals surface area contributed by atoms with E-state index in [1.54, 1.807) is 24.3 Å². The maximum atomic E-state index is 14.5. The van der Waals surface area contributed by atoms with Crippen molar-refractivity contribution < 1.29 is 9.13 Å². The second-order valence-corrected chi connectivity index (χ2v) is 9.33. The maximum absolute atomic E-state index is 14.5. The van der Waals surface area contributed by atoms with Gasteiger partial charge in [-0.15, -0.1) is 0 Å². The van der Waals surface area contributed by atoms with Crippen LogP contribution in [0.3, 0.4) is 0 Å². The number of aromatic amines is 1. The van der Waals surface area contributed by atoms with Gasteiger partial charge in [0.05, 0.1) is 26.3 Å². The highest BCUT2D eigenvalue weighted by Crippen LogP contribution is 2.45. The molecule has 0 fully saturated rings. The number of ether oxygens (including phenoxy) is 1. The fourth-order valence-electron chi connectivity index (χ4n) is 3.78. The predicted molar refractivity (Wildman–Crippen MR) is 131 cm³/mol. The third-order valence-electron chi connectivity index (χ3n) is 5.36. The highest BCUT2D eigenvalue weighted by atomic mass is 35.5. The van der Waals surface area contributed by atoms with E-state index in [-0.39, 0.29) is 10.6 Å². The number of hydrogen-bond acceptors (Lipinski definition) is 2. The fourth-order valence-corrected chi connectivity index (χ4v) is 4.33. The van der Waals surface area contributed by atoms with Crippen molar-refractivity contribution in [2.24, 2.45) is 0 Å². The van der Waals surface area contributed by atoms with Crippen LogP contribution < -0.4 is 4.74 Å². The Morgan fingerprint density at radius 1 is 0.909 bits per heavy atom. The molecular formula is C26H16Cl3FN2O. The van der Waals surface area contributed by atoms with E-state index < -0.39 is 11.4 Å². The van der Waals surface area contributed by atoms with Crippen molar-refractivity contribution in [3.05, 3.63) is 92.3 Å². The average molecular weight is 498 g/mol. The minimum atomic E-state index is -0.745. The zero-order valence-corrected chi connectivity index (χ0v) is 19.8. The lowest BCUT2D eigenvalue weighted by Crippen LogP contribution is -2.29. The van der Waals surface area contributed by atoms with Crippen LogP contribution in [0.15, 0.2) is 54.6 Å². The molecule has 0 atom stereocenters. The summed E-state index contributed by atoms with van der Waals surface area (Å²) in [5.41, 5.74) is 3.27. The summed E-state index contributed by atoms with van der Waals surface area (Å²) in [4.78, 5) is 7.91. The van der Waals surface area contributed by atoms with Gasteiger partial charge in [-0.05, 0) is 62.4 Å². The number of nitrogens with zero attached hydrogens (tertiary/aromatic N) is 1. The lowest BCUT2D eigenvalue weighted by atomic mass is 9.94. The number of rotatable bonds is 1.